The van der Waals surface area contributed by atoms with Gasteiger partial charge in [-0.15, -0.1) is 0 Å². The summed E-state index contributed by atoms with van der Waals surface area (Å²) in [5.41, 5.74) is 0.411. The van der Waals surface area contributed by atoms with Crippen molar-refractivity contribution in [2.45, 2.75) is 18.8 Å². The minimum atomic E-state index is -1.25. The van der Waals surface area contributed by atoms with E-state index in [9.17, 15) is 9.59 Å². The van der Waals surface area contributed by atoms with E-state index in [1.54, 1.807) is 0 Å². The van der Waals surface area contributed by atoms with Crippen LogP contribution in [0, 0.1) is 16.7 Å². The number of hydrogen-bond acceptors (Lipinski definition) is 5. The predicted molar refractivity (Wildman–Crippen MR) is 69.6 cm³/mol. The van der Waals surface area contributed by atoms with Crippen molar-refractivity contribution in [3.63, 3.8) is 0 Å². The number of rotatable bonds is 4. The first-order chi connectivity index (χ1) is 9.61. The number of nitriles is 1. The Morgan fingerprint density at radius 2 is 1.90 bits per heavy atom. The summed E-state index contributed by atoms with van der Waals surface area (Å²) in [6, 6.07) is 9.41. The summed E-state index contributed by atoms with van der Waals surface area (Å²) in [6.07, 6.45) is 0.597. The van der Waals surface area contributed by atoms with E-state index < -0.39 is 17.4 Å². The Hall–Kier alpha value is -2.35. The molecule has 1 saturated carbocycles. The maximum Gasteiger partial charge on any atom is 0.323 e. The molecule has 1 unspecified atom stereocenters. The number of benzene rings is 1. The zero-order valence-electron chi connectivity index (χ0n) is 11.4. The maximum absolute atomic E-state index is 12.0. The molecule has 1 aliphatic rings. The van der Waals surface area contributed by atoms with Crippen molar-refractivity contribution < 1.29 is 19.1 Å². The summed E-state index contributed by atoms with van der Waals surface area (Å²) in [5, 5.41) is 8.85. The summed E-state index contributed by atoms with van der Waals surface area (Å²) in [4.78, 5) is 23.9. The van der Waals surface area contributed by atoms with Gasteiger partial charge in [-0.3, -0.25) is 9.59 Å². The molecule has 104 valence electrons. The average Bonchev–Trinajstić information content (AvgIpc) is 3.23. The molecule has 1 atom stereocenters. The number of esters is 2. The quantitative estimate of drug-likeness (QED) is 0.614. The predicted octanol–water partition coefficient (Wildman–Crippen LogP) is 1.57. The SMILES string of the molecule is COC(=O)C1(C(=O)OC)CC1c1ccccc1CC#N. The first-order valence-electron chi connectivity index (χ1n) is 6.23. The summed E-state index contributed by atoms with van der Waals surface area (Å²) >= 11 is 0. The van der Waals surface area contributed by atoms with E-state index in [1.165, 1.54) is 14.2 Å². The topological polar surface area (TPSA) is 76.4 Å². The maximum atomic E-state index is 12.0. The highest BCUT2D eigenvalue weighted by molar-refractivity contribution is 6.05. The lowest BCUT2D eigenvalue weighted by Crippen LogP contribution is -2.30. The van der Waals surface area contributed by atoms with Gasteiger partial charge in [0.2, 0.25) is 0 Å². The second-order valence-corrected chi connectivity index (χ2v) is 4.74. The lowest BCUT2D eigenvalue weighted by molar-refractivity contribution is -0.161. The molecule has 0 bridgehead atoms. The van der Waals surface area contributed by atoms with Crippen molar-refractivity contribution >= 4 is 11.9 Å². The van der Waals surface area contributed by atoms with E-state index in [2.05, 4.69) is 6.07 Å². The molecule has 0 spiro atoms. The lowest BCUT2D eigenvalue weighted by atomic mass is 9.94. The van der Waals surface area contributed by atoms with Crippen LogP contribution in [0.2, 0.25) is 0 Å². The number of methoxy groups -OCH3 is 2. The van der Waals surface area contributed by atoms with Gasteiger partial charge in [0.25, 0.3) is 0 Å². The summed E-state index contributed by atoms with van der Waals surface area (Å²) in [6.45, 7) is 0. The number of hydrogen-bond donors (Lipinski definition) is 0. The van der Waals surface area contributed by atoms with Crippen LogP contribution < -0.4 is 0 Å². The number of carbonyl (C=O) groups is 2. The van der Waals surface area contributed by atoms with Crippen molar-refractivity contribution in [3.8, 4) is 6.07 Å². The van der Waals surface area contributed by atoms with Crippen LogP contribution in [-0.2, 0) is 25.5 Å². The first-order valence-corrected chi connectivity index (χ1v) is 6.23. The highest BCUT2D eigenvalue weighted by Gasteiger charge is 2.68. The van der Waals surface area contributed by atoms with Crippen molar-refractivity contribution in [1.29, 1.82) is 5.26 Å². The van der Waals surface area contributed by atoms with Gasteiger partial charge >= 0.3 is 11.9 Å². The molecule has 5 heteroatoms. The lowest BCUT2D eigenvalue weighted by Gasteiger charge is -2.14. The summed E-state index contributed by atoms with van der Waals surface area (Å²) in [7, 11) is 2.51. The molecular weight excluding hydrogens is 258 g/mol. The Bertz CT molecular complexity index is 572. The zero-order chi connectivity index (χ0) is 14.8. The third-order valence-corrected chi connectivity index (χ3v) is 3.76. The van der Waals surface area contributed by atoms with Crippen LogP contribution in [0.1, 0.15) is 23.5 Å². The van der Waals surface area contributed by atoms with Crippen LogP contribution in [0.5, 0.6) is 0 Å². The highest BCUT2D eigenvalue weighted by atomic mass is 16.5. The Kier molecular flexibility index (Phi) is 3.75. The molecule has 0 N–H and O–H groups in total. The van der Waals surface area contributed by atoms with Crippen molar-refractivity contribution in [1.82, 2.24) is 0 Å². The van der Waals surface area contributed by atoms with Gasteiger partial charge in [0, 0.05) is 5.92 Å². The van der Waals surface area contributed by atoms with Crippen LogP contribution in [-0.4, -0.2) is 26.2 Å². The molecule has 2 rings (SSSR count). The molecule has 1 fully saturated rings. The van der Waals surface area contributed by atoms with E-state index in [1.807, 2.05) is 24.3 Å². The fourth-order valence-electron chi connectivity index (χ4n) is 2.66. The Balaban J connectivity index is 2.39. The number of carbonyl (C=O) groups excluding carboxylic acids is 2. The number of ether oxygens (including phenoxy) is 2. The smallest absolute Gasteiger partial charge is 0.323 e. The normalized spacial score (nSPS) is 18.8. The van der Waals surface area contributed by atoms with Crippen molar-refractivity contribution in [2.75, 3.05) is 14.2 Å². The minimum Gasteiger partial charge on any atom is -0.468 e. The molecule has 0 radical (unpaired) electrons. The average molecular weight is 273 g/mol. The van der Waals surface area contributed by atoms with Gasteiger partial charge in [-0.2, -0.15) is 5.26 Å². The molecular formula is C15H15NO4. The van der Waals surface area contributed by atoms with E-state index in [4.69, 9.17) is 14.7 Å². The Morgan fingerprint density at radius 3 is 2.45 bits per heavy atom. The molecule has 20 heavy (non-hydrogen) atoms. The van der Waals surface area contributed by atoms with Gasteiger partial charge in [-0.05, 0) is 17.5 Å². The van der Waals surface area contributed by atoms with Gasteiger partial charge in [0.1, 0.15) is 0 Å². The molecule has 0 amide bonds. The molecule has 0 saturated heterocycles. The van der Waals surface area contributed by atoms with Crippen LogP contribution in [0.15, 0.2) is 24.3 Å². The molecule has 0 aliphatic heterocycles. The standard InChI is InChI=1S/C15H15NO4/c1-19-13(17)15(14(18)20-2)9-12(15)11-6-4-3-5-10(11)7-8-16/h3-6,12H,7,9H2,1-2H3. The van der Waals surface area contributed by atoms with E-state index in [0.29, 0.717) is 6.42 Å². The molecule has 5 nitrogen and oxygen atoms in total. The molecule has 1 aromatic carbocycles. The van der Waals surface area contributed by atoms with Gasteiger partial charge in [-0.25, -0.2) is 0 Å². The monoisotopic (exact) mass is 273 g/mol. The first kappa shape index (κ1) is 14.1. The Morgan fingerprint density at radius 1 is 1.30 bits per heavy atom. The van der Waals surface area contributed by atoms with Gasteiger partial charge in [0.15, 0.2) is 5.41 Å². The van der Waals surface area contributed by atoms with Crippen LogP contribution >= 0.6 is 0 Å². The van der Waals surface area contributed by atoms with Gasteiger partial charge < -0.3 is 9.47 Å². The van der Waals surface area contributed by atoms with E-state index in [-0.39, 0.29) is 12.3 Å². The van der Waals surface area contributed by atoms with E-state index in [0.717, 1.165) is 11.1 Å². The van der Waals surface area contributed by atoms with Crippen LogP contribution in [0.4, 0.5) is 0 Å². The van der Waals surface area contributed by atoms with Crippen LogP contribution in [0.3, 0.4) is 0 Å². The summed E-state index contributed by atoms with van der Waals surface area (Å²) < 4.78 is 9.49. The van der Waals surface area contributed by atoms with Gasteiger partial charge in [0.05, 0.1) is 26.7 Å². The largest absolute Gasteiger partial charge is 0.468 e. The van der Waals surface area contributed by atoms with Crippen molar-refractivity contribution in [3.05, 3.63) is 35.4 Å². The minimum absolute atomic E-state index is 0.241. The zero-order valence-corrected chi connectivity index (χ0v) is 11.4. The van der Waals surface area contributed by atoms with Crippen molar-refractivity contribution in [2.24, 2.45) is 5.41 Å². The molecule has 1 aliphatic carbocycles. The third-order valence-electron chi connectivity index (χ3n) is 3.76. The number of nitrogens with zero attached hydrogens (tertiary/aromatic N) is 1. The Labute approximate surface area is 117 Å². The molecule has 0 aromatic heterocycles. The second-order valence-electron chi connectivity index (χ2n) is 4.74. The van der Waals surface area contributed by atoms with Gasteiger partial charge in [-0.1, -0.05) is 24.3 Å². The van der Waals surface area contributed by atoms with Crippen LogP contribution in [0.25, 0.3) is 0 Å². The van der Waals surface area contributed by atoms with E-state index >= 15 is 0 Å². The molecule has 1 aromatic rings. The summed E-state index contributed by atoms with van der Waals surface area (Å²) in [5.74, 6) is -1.45. The fourth-order valence-corrected chi connectivity index (χ4v) is 2.66. The third kappa shape index (κ3) is 2.03. The fraction of sp³-hybridized carbons (Fsp3) is 0.400. The molecule has 0 heterocycles. The second kappa shape index (κ2) is 5.33. The highest BCUT2D eigenvalue weighted by Crippen LogP contribution is 2.61.